The Bertz CT molecular complexity index is 800. The van der Waals surface area contributed by atoms with Gasteiger partial charge in [-0.3, -0.25) is 4.57 Å². The van der Waals surface area contributed by atoms with Crippen LogP contribution in [-0.4, -0.2) is 16.7 Å². The summed E-state index contributed by atoms with van der Waals surface area (Å²) in [5.74, 6) is -0.00158. The lowest BCUT2D eigenvalue weighted by molar-refractivity contribution is 0.387. The molecule has 2 aromatic carbocycles. The number of rotatable bonds is 2. The van der Waals surface area contributed by atoms with Crippen molar-refractivity contribution >= 4 is 32.9 Å². The van der Waals surface area contributed by atoms with Crippen LogP contribution in [0, 0.1) is 5.82 Å². The zero-order valence-corrected chi connectivity index (χ0v) is 12.2. The summed E-state index contributed by atoms with van der Waals surface area (Å²) in [7, 11) is 1.42. The number of nitrogens with zero attached hydrogens (tertiary/aromatic N) is 2. The van der Waals surface area contributed by atoms with Crippen LogP contribution in [0.1, 0.15) is 0 Å². The first-order valence-corrected chi connectivity index (χ1v) is 6.67. The molecule has 0 amide bonds. The van der Waals surface area contributed by atoms with Crippen LogP contribution in [0.4, 0.5) is 10.3 Å². The molecule has 0 bridgehead atoms. The summed E-state index contributed by atoms with van der Waals surface area (Å²) >= 11 is 3.42. The average molecular weight is 336 g/mol. The molecule has 0 saturated heterocycles. The monoisotopic (exact) mass is 335 g/mol. The van der Waals surface area contributed by atoms with Crippen LogP contribution in [0.25, 0.3) is 16.7 Å². The van der Waals surface area contributed by atoms with Gasteiger partial charge in [0.05, 0.1) is 23.8 Å². The van der Waals surface area contributed by atoms with E-state index < -0.39 is 5.82 Å². The van der Waals surface area contributed by atoms with Gasteiger partial charge in [-0.1, -0.05) is 22.0 Å². The molecule has 1 heterocycles. The number of fused-ring (bicyclic) bond motifs is 1. The number of benzene rings is 2. The third-order valence-electron chi connectivity index (χ3n) is 3.02. The van der Waals surface area contributed by atoms with Gasteiger partial charge in [-0.05, 0) is 18.2 Å². The molecule has 0 saturated carbocycles. The van der Waals surface area contributed by atoms with Gasteiger partial charge in [0.1, 0.15) is 0 Å². The highest BCUT2D eigenvalue weighted by molar-refractivity contribution is 9.10. The van der Waals surface area contributed by atoms with E-state index in [1.165, 1.54) is 13.2 Å². The second-order valence-corrected chi connectivity index (χ2v) is 5.18. The van der Waals surface area contributed by atoms with E-state index in [0.29, 0.717) is 17.0 Å². The second-order valence-electron chi connectivity index (χ2n) is 4.26. The van der Waals surface area contributed by atoms with E-state index in [1.54, 1.807) is 10.6 Å². The quantitative estimate of drug-likeness (QED) is 0.779. The number of imidazole rings is 1. The van der Waals surface area contributed by atoms with E-state index in [0.717, 1.165) is 10.2 Å². The van der Waals surface area contributed by atoms with Crippen LogP contribution >= 0.6 is 15.9 Å². The number of ether oxygens (including phenoxy) is 1. The van der Waals surface area contributed by atoms with Gasteiger partial charge in [0, 0.05) is 16.6 Å². The van der Waals surface area contributed by atoms with Crippen molar-refractivity contribution in [3.05, 3.63) is 46.7 Å². The molecule has 6 heteroatoms. The van der Waals surface area contributed by atoms with Gasteiger partial charge < -0.3 is 10.5 Å². The van der Waals surface area contributed by atoms with E-state index >= 15 is 0 Å². The Kier molecular flexibility index (Phi) is 3.10. The third-order valence-corrected chi connectivity index (χ3v) is 3.51. The maximum Gasteiger partial charge on any atom is 0.205 e. The molecule has 3 aromatic rings. The lowest BCUT2D eigenvalue weighted by atomic mass is 10.2. The zero-order chi connectivity index (χ0) is 14.3. The summed E-state index contributed by atoms with van der Waals surface area (Å²) in [5.41, 5.74) is 7.97. The van der Waals surface area contributed by atoms with Crippen LogP contribution in [0.3, 0.4) is 0 Å². The number of aromatic nitrogens is 2. The van der Waals surface area contributed by atoms with Crippen molar-refractivity contribution in [2.24, 2.45) is 0 Å². The van der Waals surface area contributed by atoms with Crippen molar-refractivity contribution < 1.29 is 9.13 Å². The Hall–Kier alpha value is -2.08. The van der Waals surface area contributed by atoms with Crippen molar-refractivity contribution in [2.45, 2.75) is 0 Å². The lowest BCUT2D eigenvalue weighted by Crippen LogP contribution is -2.00. The van der Waals surface area contributed by atoms with Crippen LogP contribution in [-0.2, 0) is 0 Å². The predicted octanol–water partition coefficient (Wildman–Crippen LogP) is 3.52. The molecular weight excluding hydrogens is 325 g/mol. The first-order chi connectivity index (χ1) is 9.60. The highest BCUT2D eigenvalue weighted by Crippen LogP contribution is 2.29. The molecule has 0 unspecified atom stereocenters. The molecule has 0 atom stereocenters. The SMILES string of the molecule is COc1cc2c(cc1F)nc(N)n2-c1cccc(Br)c1. The van der Waals surface area contributed by atoms with Crippen molar-refractivity contribution in [2.75, 3.05) is 12.8 Å². The fourth-order valence-electron chi connectivity index (χ4n) is 2.14. The number of halogens is 2. The molecule has 1 aromatic heterocycles. The van der Waals surface area contributed by atoms with Crippen LogP contribution in [0.5, 0.6) is 5.75 Å². The minimum Gasteiger partial charge on any atom is -0.494 e. The number of hydrogen-bond acceptors (Lipinski definition) is 3. The van der Waals surface area contributed by atoms with Gasteiger partial charge in [-0.2, -0.15) is 0 Å². The Labute approximate surface area is 123 Å². The van der Waals surface area contributed by atoms with Crippen LogP contribution in [0.2, 0.25) is 0 Å². The van der Waals surface area contributed by atoms with Gasteiger partial charge in [0.15, 0.2) is 11.6 Å². The first kappa shape index (κ1) is 12.9. The molecule has 102 valence electrons. The van der Waals surface area contributed by atoms with Gasteiger partial charge in [0.25, 0.3) is 0 Å². The number of methoxy groups -OCH3 is 1. The molecule has 0 aliphatic rings. The standard InChI is InChI=1S/C14H11BrFN3O/c1-20-13-7-12-11(6-10(13)16)18-14(17)19(12)9-4-2-3-8(15)5-9/h2-7H,1H3,(H2,17,18). The molecule has 0 spiro atoms. The summed E-state index contributed by atoms with van der Waals surface area (Å²) < 4.78 is 21.4. The van der Waals surface area contributed by atoms with Crippen LogP contribution < -0.4 is 10.5 Å². The maximum absolute atomic E-state index is 13.7. The number of nitrogen functional groups attached to an aromatic ring is 1. The van der Waals surface area contributed by atoms with Crippen molar-refractivity contribution in [1.82, 2.24) is 9.55 Å². The third kappa shape index (κ3) is 2.02. The molecule has 0 fully saturated rings. The van der Waals surface area contributed by atoms with Crippen molar-refractivity contribution in [3.63, 3.8) is 0 Å². The lowest BCUT2D eigenvalue weighted by Gasteiger charge is -2.08. The highest BCUT2D eigenvalue weighted by Gasteiger charge is 2.14. The molecule has 4 nitrogen and oxygen atoms in total. The minimum atomic E-state index is -0.459. The Morgan fingerprint density at radius 1 is 1.30 bits per heavy atom. The summed E-state index contributed by atoms with van der Waals surface area (Å²) in [5, 5.41) is 0. The average Bonchev–Trinajstić information content (AvgIpc) is 2.72. The van der Waals surface area contributed by atoms with Crippen molar-refractivity contribution in [1.29, 1.82) is 0 Å². The summed E-state index contributed by atoms with van der Waals surface area (Å²) in [6.07, 6.45) is 0. The van der Waals surface area contributed by atoms with E-state index in [2.05, 4.69) is 20.9 Å². The fourth-order valence-corrected chi connectivity index (χ4v) is 2.53. The van der Waals surface area contributed by atoms with E-state index in [-0.39, 0.29) is 5.75 Å². The largest absolute Gasteiger partial charge is 0.494 e. The van der Waals surface area contributed by atoms with Gasteiger partial charge in [-0.15, -0.1) is 0 Å². The zero-order valence-electron chi connectivity index (χ0n) is 10.6. The number of anilines is 1. The smallest absolute Gasteiger partial charge is 0.205 e. The molecule has 20 heavy (non-hydrogen) atoms. The predicted molar refractivity (Wildman–Crippen MR) is 79.7 cm³/mol. The number of nitrogens with two attached hydrogens (primary N) is 1. The molecule has 2 N–H and O–H groups in total. The van der Waals surface area contributed by atoms with Crippen LogP contribution in [0.15, 0.2) is 40.9 Å². The number of hydrogen-bond donors (Lipinski definition) is 1. The first-order valence-electron chi connectivity index (χ1n) is 5.87. The molecule has 0 aliphatic heterocycles. The van der Waals surface area contributed by atoms with E-state index in [4.69, 9.17) is 10.5 Å². The molecule has 0 radical (unpaired) electrons. The summed E-state index contributed by atoms with van der Waals surface area (Å²) in [6, 6.07) is 10.5. The maximum atomic E-state index is 13.7. The Morgan fingerprint density at radius 2 is 2.10 bits per heavy atom. The Balaban J connectivity index is 2.32. The molecule has 0 aliphatic carbocycles. The summed E-state index contributed by atoms with van der Waals surface area (Å²) in [4.78, 5) is 4.19. The minimum absolute atomic E-state index is 0.161. The van der Waals surface area contributed by atoms with Gasteiger partial charge in [-0.25, -0.2) is 9.37 Å². The second kappa shape index (κ2) is 4.79. The van der Waals surface area contributed by atoms with Gasteiger partial charge >= 0.3 is 0 Å². The molecule has 3 rings (SSSR count). The topological polar surface area (TPSA) is 53.1 Å². The summed E-state index contributed by atoms with van der Waals surface area (Å²) in [6.45, 7) is 0. The fraction of sp³-hybridized carbons (Fsp3) is 0.0714. The van der Waals surface area contributed by atoms with E-state index in [1.807, 2.05) is 24.3 Å². The highest BCUT2D eigenvalue weighted by atomic mass is 79.9. The van der Waals surface area contributed by atoms with E-state index in [9.17, 15) is 4.39 Å². The normalized spacial score (nSPS) is 10.9. The van der Waals surface area contributed by atoms with Gasteiger partial charge in [0.2, 0.25) is 5.95 Å². The Morgan fingerprint density at radius 3 is 2.80 bits per heavy atom. The van der Waals surface area contributed by atoms with Crippen molar-refractivity contribution in [3.8, 4) is 11.4 Å². The molecular formula is C14H11BrFN3O.